The Morgan fingerprint density at radius 3 is 2.00 bits per heavy atom. The minimum absolute atomic E-state index is 0.917. The predicted molar refractivity (Wildman–Crippen MR) is 24.1 cm³/mol. The van der Waals surface area contributed by atoms with Gasteiger partial charge in [-0.3, -0.25) is 0 Å². The molecule has 1 heterocycles. The smallest absolute Gasteiger partial charge is 0.175 e. The van der Waals surface area contributed by atoms with Crippen molar-refractivity contribution in [2.75, 3.05) is 0 Å². The molecule has 1 aliphatic heterocycles. The summed E-state index contributed by atoms with van der Waals surface area (Å²) >= 11 is 0. The molecule has 5 heavy (non-hydrogen) atoms. The van der Waals surface area contributed by atoms with Crippen LogP contribution in [0.3, 0.4) is 0 Å². The molecule has 0 saturated carbocycles. The fourth-order valence-electron chi connectivity index (χ4n) is 0.236. The van der Waals surface area contributed by atoms with E-state index in [0.717, 1.165) is 7.28 Å². The highest BCUT2D eigenvalue weighted by molar-refractivity contribution is 6.90. The Kier molecular flexibility index (Phi) is 0.534. The molecule has 0 spiro atoms. The highest BCUT2D eigenvalue weighted by atomic mass is 15.2. The van der Waals surface area contributed by atoms with Crippen LogP contribution in [0.2, 0.25) is 0 Å². The van der Waals surface area contributed by atoms with Gasteiger partial charge in [0, 0.05) is 0 Å². The van der Waals surface area contributed by atoms with Gasteiger partial charge in [0.2, 0.25) is 7.28 Å². The topological polar surface area (TPSA) is 24.7 Å². The third-order valence-electron chi connectivity index (χ3n) is 0.441. The molecule has 3 heteroatoms. The lowest BCUT2D eigenvalue weighted by molar-refractivity contribution is 1.29. The molecule has 1 rings (SSSR count). The largest absolute Gasteiger partial charge is 0.225 e. The lowest BCUT2D eigenvalue weighted by atomic mass is 9.85. The van der Waals surface area contributed by atoms with E-state index in [4.69, 9.17) is 0 Å². The molecular weight excluding hydrogens is 62.8 g/mol. The van der Waals surface area contributed by atoms with E-state index in [9.17, 15) is 0 Å². The molecule has 2 nitrogen and oxygen atoms in total. The Bertz CT molecular complexity index is 65.7. The molecular formula is C2H3BN2. The molecule has 1 aliphatic rings. The van der Waals surface area contributed by atoms with Crippen LogP contribution >= 0.6 is 0 Å². The molecule has 0 atom stereocenters. The van der Waals surface area contributed by atoms with Crippen molar-refractivity contribution in [3.8, 4) is 0 Å². The van der Waals surface area contributed by atoms with Gasteiger partial charge in [-0.05, 0) is 12.2 Å². The first kappa shape index (κ1) is 2.63. The summed E-state index contributed by atoms with van der Waals surface area (Å²) in [7, 11) is 0.917. The first-order chi connectivity index (χ1) is 2.50. The van der Waals surface area contributed by atoms with E-state index in [-0.39, 0.29) is 0 Å². The fourth-order valence-corrected chi connectivity index (χ4v) is 0.236. The maximum Gasteiger partial charge on any atom is 0.225 e. The summed E-state index contributed by atoms with van der Waals surface area (Å²) in [4.78, 5) is 0. The summed E-state index contributed by atoms with van der Waals surface area (Å²) in [5.74, 6) is 0. The van der Waals surface area contributed by atoms with Crippen LogP contribution in [0.15, 0.2) is 10.2 Å². The van der Waals surface area contributed by atoms with Crippen molar-refractivity contribution in [3.05, 3.63) is 0 Å². The van der Waals surface area contributed by atoms with E-state index >= 15 is 0 Å². The Morgan fingerprint density at radius 1 is 1.20 bits per heavy atom. The van der Waals surface area contributed by atoms with Crippen molar-refractivity contribution in [2.24, 2.45) is 10.2 Å². The van der Waals surface area contributed by atoms with E-state index in [1.54, 1.807) is 12.2 Å². The summed E-state index contributed by atoms with van der Waals surface area (Å²) < 4.78 is 0. The molecule has 0 amide bonds. The quantitative estimate of drug-likeness (QED) is 0.337. The van der Waals surface area contributed by atoms with Gasteiger partial charge in [-0.15, -0.1) is 0 Å². The van der Waals surface area contributed by atoms with Crippen LogP contribution in [0.4, 0.5) is 0 Å². The molecule has 0 fully saturated rings. The standard InChI is InChI=1S/C2H3BN2/c1-3-2-5-4-1/h1-3H. The van der Waals surface area contributed by atoms with Crippen LogP contribution in [0, 0.1) is 0 Å². The van der Waals surface area contributed by atoms with E-state index in [2.05, 4.69) is 10.2 Å². The van der Waals surface area contributed by atoms with Crippen LogP contribution < -0.4 is 0 Å². The van der Waals surface area contributed by atoms with Crippen molar-refractivity contribution in [3.63, 3.8) is 0 Å². The summed E-state index contributed by atoms with van der Waals surface area (Å²) in [5, 5.41) is 7.06. The van der Waals surface area contributed by atoms with Gasteiger partial charge in [0.15, 0.2) is 0 Å². The molecule has 0 bridgehead atoms. The van der Waals surface area contributed by atoms with E-state index in [1.165, 1.54) is 0 Å². The maximum atomic E-state index is 3.53. The second-order valence-electron chi connectivity index (χ2n) is 0.832. The monoisotopic (exact) mass is 66.0 g/mol. The molecule has 0 aromatic heterocycles. The highest BCUT2D eigenvalue weighted by Gasteiger charge is 1.79. The molecule has 24 valence electrons. The lowest BCUT2D eigenvalue weighted by Crippen LogP contribution is -1.83. The molecule has 0 radical (unpaired) electrons. The van der Waals surface area contributed by atoms with Crippen molar-refractivity contribution >= 4 is 19.5 Å². The zero-order valence-corrected chi connectivity index (χ0v) is 2.76. The van der Waals surface area contributed by atoms with Gasteiger partial charge < -0.3 is 0 Å². The van der Waals surface area contributed by atoms with Crippen LogP contribution in [0.5, 0.6) is 0 Å². The highest BCUT2D eigenvalue weighted by Crippen LogP contribution is 1.69. The van der Waals surface area contributed by atoms with Crippen LogP contribution in [0.25, 0.3) is 0 Å². The van der Waals surface area contributed by atoms with Crippen molar-refractivity contribution < 1.29 is 0 Å². The fraction of sp³-hybridized carbons (Fsp3) is 0. The van der Waals surface area contributed by atoms with Crippen LogP contribution in [-0.4, -0.2) is 19.5 Å². The molecule has 0 N–H and O–H groups in total. The van der Waals surface area contributed by atoms with E-state index in [1.807, 2.05) is 0 Å². The second kappa shape index (κ2) is 1.01. The number of nitrogens with zero attached hydrogens (tertiary/aromatic N) is 2. The third kappa shape index (κ3) is 0.346. The summed E-state index contributed by atoms with van der Waals surface area (Å²) in [5.41, 5.74) is 0. The third-order valence-corrected chi connectivity index (χ3v) is 0.441. The number of rotatable bonds is 0. The number of hydrogen-bond donors (Lipinski definition) is 0. The summed E-state index contributed by atoms with van der Waals surface area (Å²) in [6.07, 6.45) is 3.53. The normalized spacial score (nSPS) is 16.0. The van der Waals surface area contributed by atoms with Gasteiger partial charge in [0.25, 0.3) is 0 Å². The zero-order valence-electron chi connectivity index (χ0n) is 2.76. The Morgan fingerprint density at radius 2 is 1.80 bits per heavy atom. The Balaban J connectivity index is 2.61. The average molecular weight is 65.9 g/mol. The minimum Gasteiger partial charge on any atom is -0.175 e. The second-order valence-corrected chi connectivity index (χ2v) is 0.832. The maximum absolute atomic E-state index is 3.53. The molecule has 0 aromatic carbocycles. The van der Waals surface area contributed by atoms with Crippen molar-refractivity contribution in [1.82, 2.24) is 0 Å². The van der Waals surface area contributed by atoms with Gasteiger partial charge in [0.1, 0.15) is 0 Å². The molecule has 0 aromatic rings. The predicted octanol–water partition coefficient (Wildman–Crippen LogP) is -0.592. The first-order valence-electron chi connectivity index (χ1n) is 1.53. The van der Waals surface area contributed by atoms with E-state index in [0.29, 0.717) is 0 Å². The van der Waals surface area contributed by atoms with Gasteiger partial charge >= 0.3 is 0 Å². The zero-order chi connectivity index (χ0) is 3.54. The van der Waals surface area contributed by atoms with Gasteiger partial charge in [-0.2, -0.15) is 10.2 Å². The van der Waals surface area contributed by atoms with Gasteiger partial charge in [-0.1, -0.05) is 0 Å². The minimum atomic E-state index is 0.917. The lowest BCUT2D eigenvalue weighted by Gasteiger charge is -1.51. The van der Waals surface area contributed by atoms with Crippen LogP contribution in [0.1, 0.15) is 0 Å². The van der Waals surface area contributed by atoms with Crippen LogP contribution in [-0.2, 0) is 0 Å². The molecule has 0 unspecified atom stereocenters. The number of hydrogen-bond acceptors (Lipinski definition) is 2. The Hall–Kier alpha value is -0.595. The average Bonchev–Trinajstić information content (AvgIpc) is 1.76. The van der Waals surface area contributed by atoms with Gasteiger partial charge in [-0.25, -0.2) is 0 Å². The van der Waals surface area contributed by atoms with Gasteiger partial charge in [0.05, 0.1) is 0 Å². The van der Waals surface area contributed by atoms with Crippen molar-refractivity contribution in [1.29, 1.82) is 0 Å². The first-order valence-corrected chi connectivity index (χ1v) is 1.53. The molecule has 0 saturated heterocycles. The van der Waals surface area contributed by atoms with E-state index < -0.39 is 0 Å². The Labute approximate surface area is 30.8 Å². The summed E-state index contributed by atoms with van der Waals surface area (Å²) in [6.45, 7) is 0. The molecule has 0 aliphatic carbocycles. The summed E-state index contributed by atoms with van der Waals surface area (Å²) in [6, 6.07) is 0. The SMILES string of the molecule is B1C=NN=C1. The van der Waals surface area contributed by atoms with Crippen molar-refractivity contribution in [2.45, 2.75) is 0 Å².